The number of hydrogen-bond acceptors (Lipinski definition) is 3. The summed E-state index contributed by atoms with van der Waals surface area (Å²) in [6.07, 6.45) is 4.35. The van der Waals surface area contributed by atoms with E-state index in [0.717, 1.165) is 25.7 Å². The van der Waals surface area contributed by atoms with Crippen LogP contribution in [-0.4, -0.2) is 30.4 Å². The van der Waals surface area contributed by atoms with Crippen LogP contribution in [0.4, 0.5) is 0 Å². The summed E-state index contributed by atoms with van der Waals surface area (Å²) in [7, 11) is 0. The van der Waals surface area contributed by atoms with Crippen molar-refractivity contribution >= 4 is 11.8 Å². The van der Waals surface area contributed by atoms with Gasteiger partial charge in [-0.25, -0.2) is 0 Å². The van der Waals surface area contributed by atoms with Gasteiger partial charge in [0, 0.05) is 12.5 Å². The van der Waals surface area contributed by atoms with E-state index in [9.17, 15) is 9.59 Å². The van der Waals surface area contributed by atoms with Gasteiger partial charge >= 0.3 is 0 Å². The second-order valence-electron chi connectivity index (χ2n) is 6.19. The van der Waals surface area contributed by atoms with Gasteiger partial charge in [0.05, 0.1) is 0 Å². The number of hydrogen-bond donors (Lipinski definition) is 3. The summed E-state index contributed by atoms with van der Waals surface area (Å²) in [6, 6.07) is -0.119. The highest BCUT2D eigenvalue weighted by molar-refractivity contribution is 5.87. The molecular weight excluding hydrogens is 254 g/mol. The predicted molar refractivity (Wildman–Crippen MR) is 80.0 cm³/mol. The van der Waals surface area contributed by atoms with E-state index < -0.39 is 6.04 Å². The van der Waals surface area contributed by atoms with Gasteiger partial charge in [-0.2, -0.15) is 0 Å². The molecule has 116 valence electrons. The van der Waals surface area contributed by atoms with Crippen molar-refractivity contribution in [3.63, 3.8) is 0 Å². The summed E-state index contributed by atoms with van der Waals surface area (Å²) >= 11 is 0. The first-order valence-corrected chi connectivity index (χ1v) is 7.73. The molecule has 4 N–H and O–H groups in total. The van der Waals surface area contributed by atoms with Crippen molar-refractivity contribution < 1.29 is 9.59 Å². The minimum Gasteiger partial charge on any atom is -0.352 e. The van der Waals surface area contributed by atoms with Crippen LogP contribution in [0.3, 0.4) is 0 Å². The average molecular weight is 283 g/mol. The summed E-state index contributed by atoms with van der Waals surface area (Å²) in [6.45, 7) is 6.70. The Balaban J connectivity index is 2.25. The van der Waals surface area contributed by atoms with Crippen molar-refractivity contribution in [3.8, 4) is 0 Å². The van der Waals surface area contributed by atoms with Crippen LogP contribution in [0, 0.1) is 11.8 Å². The van der Waals surface area contributed by atoms with Crippen LogP contribution in [0.1, 0.15) is 52.9 Å². The van der Waals surface area contributed by atoms with Crippen LogP contribution in [0.5, 0.6) is 0 Å². The van der Waals surface area contributed by atoms with Crippen LogP contribution < -0.4 is 16.4 Å². The van der Waals surface area contributed by atoms with Gasteiger partial charge in [-0.1, -0.05) is 13.8 Å². The number of carbonyl (C=O) groups excluding carboxylic acids is 2. The molecule has 0 radical (unpaired) electrons. The van der Waals surface area contributed by atoms with Crippen LogP contribution in [0.15, 0.2) is 0 Å². The molecule has 1 aliphatic rings. The Morgan fingerprint density at radius 2 is 1.85 bits per heavy atom. The van der Waals surface area contributed by atoms with Crippen molar-refractivity contribution in [1.82, 2.24) is 10.6 Å². The lowest BCUT2D eigenvalue weighted by atomic mass is 9.88. The van der Waals surface area contributed by atoms with Gasteiger partial charge in [0.25, 0.3) is 0 Å². The average Bonchev–Trinajstić information content (AvgIpc) is 3.17. The quantitative estimate of drug-likeness (QED) is 0.594. The first kappa shape index (κ1) is 17.0. The molecule has 0 aromatic carbocycles. The lowest BCUT2D eigenvalue weighted by Crippen LogP contribution is -2.45. The second-order valence-corrected chi connectivity index (χ2v) is 6.19. The maximum Gasteiger partial charge on any atom is 0.242 e. The molecule has 1 rings (SSSR count). The third-order valence-corrected chi connectivity index (χ3v) is 3.92. The molecule has 1 aliphatic carbocycles. The molecule has 20 heavy (non-hydrogen) atoms. The number of nitrogens with one attached hydrogen (secondary N) is 2. The Hall–Kier alpha value is -1.10. The van der Waals surface area contributed by atoms with Gasteiger partial charge in [-0.15, -0.1) is 0 Å². The van der Waals surface area contributed by atoms with Gasteiger partial charge < -0.3 is 16.4 Å². The van der Waals surface area contributed by atoms with Crippen LogP contribution >= 0.6 is 0 Å². The number of nitrogens with two attached hydrogens (primary N) is 1. The summed E-state index contributed by atoms with van der Waals surface area (Å²) in [4.78, 5) is 23.6. The minimum absolute atomic E-state index is 0.0499. The first-order chi connectivity index (χ1) is 9.43. The van der Waals surface area contributed by atoms with Crippen molar-refractivity contribution in [2.75, 3.05) is 6.54 Å². The van der Waals surface area contributed by atoms with E-state index in [1.165, 1.54) is 0 Å². The fraction of sp³-hybridized carbons (Fsp3) is 0.867. The molecule has 0 heterocycles. The van der Waals surface area contributed by atoms with E-state index in [-0.39, 0.29) is 11.8 Å². The van der Waals surface area contributed by atoms with E-state index in [0.29, 0.717) is 30.8 Å². The summed E-state index contributed by atoms with van der Waals surface area (Å²) < 4.78 is 0. The Morgan fingerprint density at radius 3 is 2.35 bits per heavy atom. The fourth-order valence-corrected chi connectivity index (χ4v) is 2.27. The molecule has 2 atom stereocenters. The zero-order valence-electron chi connectivity index (χ0n) is 12.9. The summed E-state index contributed by atoms with van der Waals surface area (Å²) in [5, 5.41) is 5.66. The largest absolute Gasteiger partial charge is 0.352 e. The van der Waals surface area contributed by atoms with Gasteiger partial charge in [0.2, 0.25) is 11.8 Å². The lowest BCUT2D eigenvalue weighted by molar-refractivity contribution is -0.128. The molecule has 0 aromatic heterocycles. The van der Waals surface area contributed by atoms with Crippen LogP contribution in [0.25, 0.3) is 0 Å². The van der Waals surface area contributed by atoms with E-state index in [1.807, 2.05) is 0 Å². The number of rotatable bonds is 9. The van der Waals surface area contributed by atoms with Gasteiger partial charge in [0.1, 0.15) is 6.04 Å². The Labute approximate surface area is 122 Å². The van der Waals surface area contributed by atoms with Gasteiger partial charge in [0.15, 0.2) is 0 Å². The van der Waals surface area contributed by atoms with Crippen molar-refractivity contribution in [3.05, 3.63) is 0 Å². The zero-order valence-corrected chi connectivity index (χ0v) is 12.9. The lowest BCUT2D eigenvalue weighted by Gasteiger charge is -2.20. The molecular formula is C15H29N3O2. The molecule has 0 bridgehead atoms. The second kappa shape index (κ2) is 8.25. The Morgan fingerprint density at radius 1 is 1.20 bits per heavy atom. The first-order valence-electron chi connectivity index (χ1n) is 7.73. The Bertz CT molecular complexity index is 327. The van der Waals surface area contributed by atoms with E-state index in [4.69, 9.17) is 5.73 Å². The maximum atomic E-state index is 11.9. The summed E-state index contributed by atoms with van der Waals surface area (Å²) in [5.41, 5.74) is 5.59. The Kier molecular flexibility index (Phi) is 6.99. The molecule has 1 fully saturated rings. The highest BCUT2D eigenvalue weighted by atomic mass is 16.2. The topological polar surface area (TPSA) is 84.2 Å². The van der Waals surface area contributed by atoms with E-state index in [1.54, 1.807) is 6.92 Å². The summed E-state index contributed by atoms with van der Waals surface area (Å²) in [5.74, 6) is 0.873. The van der Waals surface area contributed by atoms with Gasteiger partial charge in [-0.05, 0) is 51.0 Å². The molecule has 2 amide bonds. The van der Waals surface area contributed by atoms with Crippen LogP contribution in [0.2, 0.25) is 0 Å². The number of amides is 2. The zero-order chi connectivity index (χ0) is 15.1. The normalized spacial score (nSPS) is 17.6. The molecule has 0 aromatic rings. The van der Waals surface area contributed by atoms with Gasteiger partial charge in [-0.3, -0.25) is 9.59 Å². The highest BCUT2D eigenvalue weighted by Crippen LogP contribution is 2.20. The van der Waals surface area contributed by atoms with Crippen molar-refractivity contribution in [2.45, 2.75) is 65.0 Å². The molecule has 5 heteroatoms. The minimum atomic E-state index is -0.449. The SMILES string of the molecule is CC(NC(=O)CCC(CCN)C(C)C)C(=O)NC1CC1. The van der Waals surface area contributed by atoms with Crippen LogP contribution in [-0.2, 0) is 9.59 Å². The van der Waals surface area contributed by atoms with Crippen molar-refractivity contribution in [2.24, 2.45) is 17.6 Å². The molecule has 2 unspecified atom stereocenters. The van der Waals surface area contributed by atoms with E-state index >= 15 is 0 Å². The molecule has 1 saturated carbocycles. The van der Waals surface area contributed by atoms with Crippen molar-refractivity contribution in [1.29, 1.82) is 0 Å². The maximum absolute atomic E-state index is 11.9. The molecule has 0 saturated heterocycles. The standard InChI is InChI=1S/C15H29N3O2/c1-10(2)12(8-9-16)4-7-14(19)17-11(3)15(20)18-13-5-6-13/h10-13H,4-9,16H2,1-3H3,(H,17,19)(H,18,20). The highest BCUT2D eigenvalue weighted by Gasteiger charge is 2.26. The third kappa shape index (κ3) is 6.37. The molecule has 0 aliphatic heterocycles. The predicted octanol–water partition coefficient (Wildman–Crippen LogP) is 1.17. The monoisotopic (exact) mass is 283 g/mol. The molecule has 0 spiro atoms. The number of carbonyl (C=O) groups is 2. The fourth-order valence-electron chi connectivity index (χ4n) is 2.27. The molecule has 5 nitrogen and oxygen atoms in total. The smallest absolute Gasteiger partial charge is 0.242 e. The third-order valence-electron chi connectivity index (χ3n) is 3.92. The van der Waals surface area contributed by atoms with E-state index in [2.05, 4.69) is 24.5 Å².